The number of H-pyrrole nitrogens is 1. The predicted molar refractivity (Wildman–Crippen MR) is 72.5 cm³/mol. The van der Waals surface area contributed by atoms with Crippen LogP contribution in [0.4, 0.5) is 0 Å². The maximum absolute atomic E-state index is 11.9. The Morgan fingerprint density at radius 1 is 1.37 bits per heavy atom. The van der Waals surface area contributed by atoms with Gasteiger partial charge < -0.3 is 14.5 Å². The molecule has 0 unspecified atom stereocenters. The van der Waals surface area contributed by atoms with E-state index in [1.807, 2.05) is 18.2 Å². The van der Waals surface area contributed by atoms with Gasteiger partial charge in [0.1, 0.15) is 5.75 Å². The highest BCUT2D eigenvalue weighted by molar-refractivity contribution is 5.89. The number of aromatic nitrogens is 1. The van der Waals surface area contributed by atoms with Crippen LogP contribution in [0.3, 0.4) is 0 Å². The van der Waals surface area contributed by atoms with E-state index in [-0.39, 0.29) is 11.9 Å². The van der Waals surface area contributed by atoms with Crippen LogP contribution in [0.1, 0.15) is 30.0 Å². The number of rotatable bonds is 2. The van der Waals surface area contributed by atoms with Crippen molar-refractivity contribution in [1.82, 2.24) is 4.98 Å². The van der Waals surface area contributed by atoms with Crippen LogP contribution in [-0.4, -0.2) is 25.2 Å². The van der Waals surface area contributed by atoms with Crippen molar-refractivity contribution in [3.63, 3.8) is 0 Å². The number of esters is 1. The molecular weight excluding hydrogens is 242 g/mol. The predicted octanol–water partition coefficient (Wildman–Crippen LogP) is 2.77. The molecular formula is C15H17NO3. The van der Waals surface area contributed by atoms with Crippen molar-refractivity contribution in [2.75, 3.05) is 14.2 Å². The molecule has 0 spiro atoms. The van der Waals surface area contributed by atoms with Gasteiger partial charge in [-0.2, -0.15) is 0 Å². The molecule has 0 fully saturated rings. The summed E-state index contributed by atoms with van der Waals surface area (Å²) in [5.41, 5.74) is 3.30. The summed E-state index contributed by atoms with van der Waals surface area (Å²) in [5, 5.41) is 1.16. The number of hydrogen-bond donors (Lipinski definition) is 1. The van der Waals surface area contributed by atoms with Crippen LogP contribution < -0.4 is 4.74 Å². The molecule has 4 heteroatoms. The third-order valence-electron chi connectivity index (χ3n) is 3.90. The summed E-state index contributed by atoms with van der Waals surface area (Å²) in [5.74, 6) is 0.529. The molecule has 0 saturated heterocycles. The number of hydrogen-bond acceptors (Lipinski definition) is 3. The molecule has 1 atom stereocenters. The minimum atomic E-state index is -0.160. The summed E-state index contributed by atoms with van der Waals surface area (Å²) in [4.78, 5) is 15.2. The largest absolute Gasteiger partial charge is 0.497 e. The van der Waals surface area contributed by atoms with Crippen molar-refractivity contribution < 1.29 is 14.3 Å². The van der Waals surface area contributed by atoms with E-state index in [0.29, 0.717) is 0 Å². The number of benzene rings is 1. The van der Waals surface area contributed by atoms with Gasteiger partial charge in [0.25, 0.3) is 0 Å². The Labute approximate surface area is 111 Å². The fourth-order valence-electron chi connectivity index (χ4n) is 2.95. The molecule has 1 aliphatic carbocycles. The van der Waals surface area contributed by atoms with Crippen molar-refractivity contribution in [3.8, 4) is 5.75 Å². The lowest BCUT2D eigenvalue weighted by Gasteiger charge is -2.20. The molecule has 2 aromatic rings. The van der Waals surface area contributed by atoms with Gasteiger partial charge in [-0.25, -0.2) is 0 Å². The Morgan fingerprint density at radius 2 is 2.21 bits per heavy atom. The van der Waals surface area contributed by atoms with Gasteiger partial charge >= 0.3 is 5.97 Å². The first-order chi connectivity index (χ1) is 9.24. The summed E-state index contributed by atoms with van der Waals surface area (Å²) in [6, 6.07) is 5.96. The van der Waals surface area contributed by atoms with Gasteiger partial charge in [-0.3, -0.25) is 4.79 Å². The smallest absolute Gasteiger partial charge is 0.314 e. The molecule has 1 aliphatic rings. The molecule has 1 aromatic carbocycles. The van der Waals surface area contributed by atoms with E-state index in [0.717, 1.165) is 41.6 Å². The van der Waals surface area contributed by atoms with E-state index in [4.69, 9.17) is 9.47 Å². The van der Waals surface area contributed by atoms with Crippen LogP contribution in [0.15, 0.2) is 18.2 Å². The van der Waals surface area contributed by atoms with Crippen LogP contribution in [0.25, 0.3) is 10.9 Å². The number of nitrogens with one attached hydrogen (secondary N) is 1. The van der Waals surface area contributed by atoms with Crippen LogP contribution in [0.5, 0.6) is 5.75 Å². The highest BCUT2D eigenvalue weighted by Gasteiger charge is 2.30. The second-order valence-electron chi connectivity index (χ2n) is 4.90. The fraction of sp³-hybridized carbons (Fsp3) is 0.400. The van der Waals surface area contributed by atoms with Gasteiger partial charge in [-0.1, -0.05) is 0 Å². The molecule has 1 aromatic heterocycles. The summed E-state index contributed by atoms with van der Waals surface area (Å²) in [6.07, 6.45) is 2.86. The molecule has 100 valence electrons. The summed E-state index contributed by atoms with van der Waals surface area (Å²) < 4.78 is 10.2. The summed E-state index contributed by atoms with van der Waals surface area (Å²) in [7, 11) is 3.11. The SMILES string of the molecule is COC(=O)[C@H]1CCCc2c1[nH]c1ccc(OC)cc21. The highest BCUT2D eigenvalue weighted by Crippen LogP contribution is 2.37. The Morgan fingerprint density at radius 3 is 2.95 bits per heavy atom. The molecule has 0 radical (unpaired) electrons. The molecule has 19 heavy (non-hydrogen) atoms. The second kappa shape index (κ2) is 4.61. The number of carbonyl (C=O) groups is 1. The average molecular weight is 259 g/mol. The molecule has 1 N–H and O–H groups in total. The molecule has 0 bridgehead atoms. The van der Waals surface area contributed by atoms with E-state index < -0.39 is 0 Å². The minimum Gasteiger partial charge on any atom is -0.497 e. The first kappa shape index (κ1) is 12.1. The third kappa shape index (κ3) is 1.87. The number of aryl methyl sites for hydroxylation is 1. The first-order valence-electron chi connectivity index (χ1n) is 6.51. The van der Waals surface area contributed by atoms with Gasteiger partial charge in [0.05, 0.1) is 20.1 Å². The number of methoxy groups -OCH3 is 2. The molecule has 0 aliphatic heterocycles. The van der Waals surface area contributed by atoms with Gasteiger partial charge in [0, 0.05) is 16.6 Å². The molecule has 0 amide bonds. The minimum absolute atomic E-state index is 0.153. The van der Waals surface area contributed by atoms with E-state index in [1.165, 1.54) is 12.7 Å². The van der Waals surface area contributed by atoms with Crippen molar-refractivity contribution >= 4 is 16.9 Å². The summed E-state index contributed by atoms with van der Waals surface area (Å²) in [6.45, 7) is 0. The lowest BCUT2D eigenvalue weighted by molar-refractivity contribution is -0.142. The van der Waals surface area contributed by atoms with Gasteiger partial charge in [-0.15, -0.1) is 0 Å². The fourth-order valence-corrected chi connectivity index (χ4v) is 2.95. The monoisotopic (exact) mass is 259 g/mol. The average Bonchev–Trinajstić information content (AvgIpc) is 2.83. The lowest BCUT2D eigenvalue weighted by atomic mass is 9.87. The maximum atomic E-state index is 11.9. The number of carbonyl (C=O) groups excluding carboxylic acids is 1. The number of fused-ring (bicyclic) bond motifs is 3. The molecule has 1 heterocycles. The number of ether oxygens (including phenoxy) is 2. The van der Waals surface area contributed by atoms with Crippen LogP contribution in [0.2, 0.25) is 0 Å². The first-order valence-corrected chi connectivity index (χ1v) is 6.51. The Balaban J connectivity index is 2.15. The standard InChI is InChI=1S/C15H17NO3/c1-18-9-6-7-13-12(8-9)10-4-3-5-11(14(10)16-13)15(17)19-2/h6-8,11,16H,3-5H2,1-2H3/t11-/m0/s1. The van der Waals surface area contributed by atoms with Crippen LogP contribution in [0, 0.1) is 0 Å². The summed E-state index contributed by atoms with van der Waals surface area (Å²) >= 11 is 0. The zero-order valence-electron chi connectivity index (χ0n) is 11.2. The van der Waals surface area contributed by atoms with Crippen molar-refractivity contribution in [2.24, 2.45) is 0 Å². The Bertz CT molecular complexity index is 630. The third-order valence-corrected chi connectivity index (χ3v) is 3.90. The normalized spacial score (nSPS) is 18.1. The van der Waals surface area contributed by atoms with Crippen molar-refractivity contribution in [3.05, 3.63) is 29.5 Å². The Kier molecular flexibility index (Phi) is 2.93. The number of aromatic amines is 1. The van der Waals surface area contributed by atoms with E-state index in [1.54, 1.807) is 7.11 Å². The molecule has 3 rings (SSSR count). The Hall–Kier alpha value is -1.97. The second-order valence-corrected chi connectivity index (χ2v) is 4.90. The van der Waals surface area contributed by atoms with E-state index >= 15 is 0 Å². The maximum Gasteiger partial charge on any atom is 0.314 e. The lowest BCUT2D eigenvalue weighted by Crippen LogP contribution is -2.19. The van der Waals surface area contributed by atoms with Crippen molar-refractivity contribution in [1.29, 1.82) is 0 Å². The van der Waals surface area contributed by atoms with Gasteiger partial charge in [-0.05, 0) is 43.0 Å². The zero-order chi connectivity index (χ0) is 13.4. The van der Waals surface area contributed by atoms with Crippen molar-refractivity contribution in [2.45, 2.75) is 25.2 Å². The van der Waals surface area contributed by atoms with E-state index in [9.17, 15) is 4.79 Å². The highest BCUT2D eigenvalue weighted by atomic mass is 16.5. The van der Waals surface area contributed by atoms with Gasteiger partial charge in [0.2, 0.25) is 0 Å². The quantitative estimate of drug-likeness (QED) is 0.844. The topological polar surface area (TPSA) is 51.3 Å². The molecule has 4 nitrogen and oxygen atoms in total. The zero-order valence-corrected chi connectivity index (χ0v) is 11.2. The van der Waals surface area contributed by atoms with E-state index in [2.05, 4.69) is 4.98 Å². The van der Waals surface area contributed by atoms with Gasteiger partial charge in [0.15, 0.2) is 0 Å². The molecule has 0 saturated carbocycles. The van der Waals surface area contributed by atoms with Crippen LogP contribution in [-0.2, 0) is 16.0 Å². The van der Waals surface area contributed by atoms with Crippen LogP contribution >= 0.6 is 0 Å².